The first kappa shape index (κ1) is 20.2. The van der Waals surface area contributed by atoms with Crippen molar-refractivity contribution in [1.82, 2.24) is 9.80 Å². The summed E-state index contributed by atoms with van der Waals surface area (Å²) in [5.41, 5.74) is 2.54. The van der Waals surface area contributed by atoms with Crippen LogP contribution < -0.4 is 5.63 Å². The van der Waals surface area contributed by atoms with Gasteiger partial charge in [0.2, 0.25) is 5.91 Å². The highest BCUT2D eigenvalue weighted by molar-refractivity contribution is 5.82. The molecule has 1 saturated heterocycles. The van der Waals surface area contributed by atoms with Crippen LogP contribution in [0.15, 0.2) is 57.7 Å². The topological polar surface area (TPSA) is 74.0 Å². The monoisotopic (exact) mass is 406 g/mol. The van der Waals surface area contributed by atoms with Gasteiger partial charge in [0.25, 0.3) is 0 Å². The predicted octanol–water partition coefficient (Wildman–Crippen LogP) is 3.08. The molecule has 1 aliphatic rings. The minimum absolute atomic E-state index is 0.0550. The van der Waals surface area contributed by atoms with Gasteiger partial charge in [-0.25, -0.2) is 4.79 Å². The van der Waals surface area contributed by atoms with Crippen molar-refractivity contribution in [3.63, 3.8) is 0 Å². The fourth-order valence-electron chi connectivity index (χ4n) is 4.06. The van der Waals surface area contributed by atoms with E-state index in [2.05, 4.69) is 17.0 Å². The lowest BCUT2D eigenvalue weighted by Crippen LogP contribution is -2.48. The lowest BCUT2D eigenvalue weighted by Gasteiger charge is -2.34. The van der Waals surface area contributed by atoms with Gasteiger partial charge in [-0.15, -0.1) is 0 Å². The second-order valence-electron chi connectivity index (χ2n) is 7.82. The number of hydrogen-bond donors (Lipinski definition) is 1. The minimum atomic E-state index is -0.439. The van der Waals surface area contributed by atoms with Crippen molar-refractivity contribution in [3.8, 4) is 5.75 Å². The molecule has 6 nitrogen and oxygen atoms in total. The molecule has 156 valence electrons. The summed E-state index contributed by atoms with van der Waals surface area (Å²) in [7, 11) is 0. The summed E-state index contributed by atoms with van der Waals surface area (Å²) in [6.45, 7) is 5.86. The fraction of sp³-hybridized carbons (Fsp3) is 0.333. The van der Waals surface area contributed by atoms with Gasteiger partial charge < -0.3 is 14.4 Å². The zero-order valence-electron chi connectivity index (χ0n) is 17.1. The Labute approximate surface area is 175 Å². The number of hydrogen-bond acceptors (Lipinski definition) is 5. The Hall–Kier alpha value is -3.12. The second-order valence-corrected chi connectivity index (χ2v) is 7.82. The smallest absolute Gasteiger partial charge is 0.339 e. The highest BCUT2D eigenvalue weighted by Crippen LogP contribution is 2.24. The average Bonchev–Trinajstić information content (AvgIpc) is 2.74. The van der Waals surface area contributed by atoms with Gasteiger partial charge in [0.1, 0.15) is 11.3 Å². The number of amides is 1. The number of piperazine rings is 1. The second kappa shape index (κ2) is 8.71. The van der Waals surface area contributed by atoms with Gasteiger partial charge in [0.15, 0.2) is 0 Å². The van der Waals surface area contributed by atoms with Crippen LogP contribution in [-0.2, 0) is 17.8 Å². The summed E-state index contributed by atoms with van der Waals surface area (Å²) >= 11 is 0. The maximum atomic E-state index is 12.7. The number of aryl methyl sites for hydroxylation is 1. The van der Waals surface area contributed by atoms with Crippen LogP contribution in [0.4, 0.5) is 0 Å². The molecule has 0 radical (unpaired) electrons. The van der Waals surface area contributed by atoms with Crippen LogP contribution in [0.25, 0.3) is 11.0 Å². The number of benzene rings is 2. The van der Waals surface area contributed by atoms with E-state index < -0.39 is 5.63 Å². The van der Waals surface area contributed by atoms with Gasteiger partial charge in [-0.05, 0) is 36.6 Å². The normalized spacial score (nSPS) is 14.9. The third kappa shape index (κ3) is 4.39. The van der Waals surface area contributed by atoms with Crippen molar-refractivity contribution in [2.24, 2.45) is 0 Å². The van der Waals surface area contributed by atoms with Crippen molar-refractivity contribution in [2.75, 3.05) is 26.2 Å². The maximum Gasteiger partial charge on any atom is 0.339 e. The number of carbonyl (C=O) groups excluding carboxylic acids is 1. The number of rotatable bonds is 5. The molecule has 1 amide bonds. The predicted molar refractivity (Wildman–Crippen MR) is 116 cm³/mol. The standard InChI is InChI=1S/C24H26N2O4/c1-17-20-8-7-19(27)15-22(20)30-24(29)21(17)9-10-23(28)26-13-11-25(12-14-26)16-18-5-3-2-4-6-18/h2-8,15,27H,9-14,16H2,1H3. The van der Waals surface area contributed by atoms with Crippen LogP contribution in [0, 0.1) is 6.92 Å². The van der Waals surface area contributed by atoms with Gasteiger partial charge in [-0.2, -0.15) is 0 Å². The maximum absolute atomic E-state index is 12.7. The van der Waals surface area contributed by atoms with Crippen molar-refractivity contribution >= 4 is 16.9 Å². The third-order valence-electron chi connectivity index (χ3n) is 5.83. The number of aromatic hydroxyl groups is 1. The molecule has 1 fully saturated rings. The summed E-state index contributed by atoms with van der Waals surface area (Å²) in [5, 5.41) is 10.4. The lowest BCUT2D eigenvalue weighted by atomic mass is 10.0. The molecule has 0 atom stereocenters. The zero-order valence-corrected chi connectivity index (χ0v) is 17.1. The number of nitrogens with zero attached hydrogens (tertiary/aromatic N) is 2. The Balaban J connectivity index is 1.35. The molecule has 3 aromatic rings. The first-order valence-electron chi connectivity index (χ1n) is 10.3. The Morgan fingerprint density at radius 3 is 2.53 bits per heavy atom. The molecule has 2 heterocycles. The molecule has 0 unspecified atom stereocenters. The molecule has 0 aliphatic carbocycles. The number of fused-ring (bicyclic) bond motifs is 1. The number of carbonyl (C=O) groups is 1. The molecular formula is C24H26N2O4. The van der Waals surface area contributed by atoms with Crippen LogP contribution in [-0.4, -0.2) is 47.0 Å². The Bertz CT molecular complexity index is 1100. The summed E-state index contributed by atoms with van der Waals surface area (Å²) in [6, 6.07) is 15.1. The molecule has 2 aromatic carbocycles. The van der Waals surface area contributed by atoms with E-state index in [1.165, 1.54) is 11.6 Å². The molecule has 1 aromatic heterocycles. The molecule has 1 aliphatic heterocycles. The van der Waals surface area contributed by atoms with E-state index in [1.54, 1.807) is 12.1 Å². The summed E-state index contributed by atoms with van der Waals surface area (Å²) in [6.07, 6.45) is 0.641. The fourth-order valence-corrected chi connectivity index (χ4v) is 4.06. The van der Waals surface area contributed by atoms with Gasteiger partial charge in [0.05, 0.1) is 0 Å². The molecule has 30 heavy (non-hydrogen) atoms. The van der Waals surface area contributed by atoms with E-state index >= 15 is 0 Å². The summed E-state index contributed by atoms with van der Waals surface area (Å²) in [4.78, 5) is 29.3. The van der Waals surface area contributed by atoms with E-state index in [0.29, 0.717) is 30.7 Å². The average molecular weight is 406 g/mol. The summed E-state index contributed by atoms with van der Waals surface area (Å²) < 4.78 is 5.36. The lowest BCUT2D eigenvalue weighted by molar-refractivity contribution is -0.133. The van der Waals surface area contributed by atoms with Crippen molar-refractivity contribution < 1.29 is 14.3 Å². The molecule has 0 saturated carbocycles. The minimum Gasteiger partial charge on any atom is -0.508 e. The van der Waals surface area contributed by atoms with Crippen LogP contribution in [0.5, 0.6) is 5.75 Å². The summed E-state index contributed by atoms with van der Waals surface area (Å²) in [5.74, 6) is 0.123. The molecule has 0 bridgehead atoms. The van der Waals surface area contributed by atoms with Crippen molar-refractivity contribution in [1.29, 1.82) is 0 Å². The highest BCUT2D eigenvalue weighted by Gasteiger charge is 2.22. The van der Waals surface area contributed by atoms with E-state index in [1.807, 2.05) is 30.0 Å². The SMILES string of the molecule is Cc1c(CCC(=O)N2CCN(Cc3ccccc3)CC2)c(=O)oc2cc(O)ccc12. The zero-order chi connectivity index (χ0) is 21.1. The first-order valence-corrected chi connectivity index (χ1v) is 10.3. The van der Waals surface area contributed by atoms with E-state index in [-0.39, 0.29) is 18.1 Å². The Morgan fingerprint density at radius 2 is 1.80 bits per heavy atom. The van der Waals surface area contributed by atoms with Gasteiger partial charge >= 0.3 is 5.63 Å². The van der Waals surface area contributed by atoms with Crippen molar-refractivity contribution in [3.05, 3.63) is 75.6 Å². The third-order valence-corrected chi connectivity index (χ3v) is 5.83. The number of phenolic OH excluding ortho intramolecular Hbond substituents is 1. The Kier molecular flexibility index (Phi) is 5.86. The largest absolute Gasteiger partial charge is 0.508 e. The highest BCUT2D eigenvalue weighted by atomic mass is 16.4. The number of phenols is 1. The molecule has 6 heteroatoms. The van der Waals surface area contributed by atoms with Gasteiger partial charge in [0, 0.05) is 56.2 Å². The van der Waals surface area contributed by atoms with Crippen LogP contribution in [0.2, 0.25) is 0 Å². The van der Waals surface area contributed by atoms with Crippen LogP contribution >= 0.6 is 0 Å². The Morgan fingerprint density at radius 1 is 1.07 bits per heavy atom. The molecule has 0 spiro atoms. The van der Waals surface area contributed by atoms with E-state index in [9.17, 15) is 14.7 Å². The molecule has 4 rings (SSSR count). The van der Waals surface area contributed by atoms with Crippen LogP contribution in [0.3, 0.4) is 0 Å². The van der Waals surface area contributed by atoms with Crippen LogP contribution in [0.1, 0.15) is 23.1 Å². The molecular weight excluding hydrogens is 380 g/mol. The van der Waals surface area contributed by atoms with E-state index in [0.717, 1.165) is 30.6 Å². The van der Waals surface area contributed by atoms with Crippen molar-refractivity contribution in [2.45, 2.75) is 26.3 Å². The van der Waals surface area contributed by atoms with Gasteiger partial charge in [-0.3, -0.25) is 9.69 Å². The quantitative estimate of drug-likeness (QED) is 0.659. The van der Waals surface area contributed by atoms with Gasteiger partial charge in [-0.1, -0.05) is 30.3 Å². The first-order chi connectivity index (χ1) is 14.5. The van der Waals surface area contributed by atoms with E-state index in [4.69, 9.17) is 4.42 Å². The molecule has 1 N–H and O–H groups in total.